The number of nitrogens with zero attached hydrogens (tertiary/aromatic N) is 3. The summed E-state index contributed by atoms with van der Waals surface area (Å²) in [7, 11) is 0. The van der Waals surface area contributed by atoms with E-state index in [1.54, 1.807) is 12.3 Å². The molecule has 0 saturated heterocycles. The largest absolute Gasteiger partial charge is 0.490 e. The maximum atomic E-state index is 9.15. The zero-order valence-electron chi connectivity index (χ0n) is 10.6. The van der Waals surface area contributed by atoms with Gasteiger partial charge in [0.05, 0.1) is 17.9 Å². The van der Waals surface area contributed by atoms with Gasteiger partial charge in [-0.3, -0.25) is 0 Å². The van der Waals surface area contributed by atoms with Gasteiger partial charge in [-0.15, -0.1) is 0 Å². The molecule has 0 aliphatic heterocycles. The Morgan fingerprint density at radius 2 is 2.28 bits per heavy atom. The first-order chi connectivity index (χ1) is 8.77. The summed E-state index contributed by atoms with van der Waals surface area (Å²) in [5.41, 5.74) is 1.41. The Kier molecular flexibility index (Phi) is 3.63. The number of nitriles is 1. The monoisotopic (exact) mass is 241 g/mol. The minimum Gasteiger partial charge on any atom is -0.490 e. The van der Waals surface area contributed by atoms with Crippen LogP contribution in [0.1, 0.15) is 24.7 Å². The normalized spacial score (nSPS) is 10.1. The number of aryl methyl sites for hydroxylation is 1. The average Bonchev–Trinajstić information content (AvgIpc) is 2.82. The molecule has 4 nitrogen and oxygen atoms in total. The smallest absolute Gasteiger partial charge is 0.161 e. The minimum absolute atomic E-state index is 0.550. The molecule has 1 aromatic heterocycles. The van der Waals surface area contributed by atoms with E-state index in [0.717, 1.165) is 17.9 Å². The SMILES string of the molecule is CCCOc1c(C#N)cccc1-n1ccnc1C. The number of aromatic nitrogens is 2. The van der Waals surface area contributed by atoms with Crippen LogP contribution in [0.15, 0.2) is 30.6 Å². The predicted octanol–water partition coefficient (Wildman–Crippen LogP) is 2.84. The molecule has 0 radical (unpaired) electrons. The summed E-state index contributed by atoms with van der Waals surface area (Å²) in [4.78, 5) is 4.19. The molecule has 2 rings (SSSR count). The zero-order chi connectivity index (χ0) is 13.0. The Balaban J connectivity index is 2.53. The van der Waals surface area contributed by atoms with Crippen molar-refractivity contribution in [2.45, 2.75) is 20.3 Å². The van der Waals surface area contributed by atoms with Crippen molar-refractivity contribution in [2.24, 2.45) is 0 Å². The van der Waals surface area contributed by atoms with E-state index >= 15 is 0 Å². The molecule has 18 heavy (non-hydrogen) atoms. The van der Waals surface area contributed by atoms with E-state index < -0.39 is 0 Å². The molecule has 0 amide bonds. The molecule has 92 valence electrons. The lowest BCUT2D eigenvalue weighted by molar-refractivity contribution is 0.315. The number of hydrogen-bond acceptors (Lipinski definition) is 3. The molecule has 0 atom stereocenters. The van der Waals surface area contributed by atoms with Crippen LogP contribution in [0.2, 0.25) is 0 Å². The highest BCUT2D eigenvalue weighted by atomic mass is 16.5. The van der Waals surface area contributed by atoms with E-state index in [-0.39, 0.29) is 0 Å². The van der Waals surface area contributed by atoms with Crippen LogP contribution in [0.25, 0.3) is 5.69 Å². The summed E-state index contributed by atoms with van der Waals surface area (Å²) in [6, 6.07) is 7.72. The fourth-order valence-corrected chi connectivity index (χ4v) is 1.79. The number of benzene rings is 1. The van der Waals surface area contributed by atoms with Gasteiger partial charge < -0.3 is 9.30 Å². The third-order valence-electron chi connectivity index (χ3n) is 2.65. The third-order valence-corrected chi connectivity index (χ3v) is 2.65. The van der Waals surface area contributed by atoms with E-state index in [0.29, 0.717) is 17.9 Å². The molecule has 0 N–H and O–H groups in total. The van der Waals surface area contributed by atoms with Gasteiger partial charge in [0.25, 0.3) is 0 Å². The summed E-state index contributed by atoms with van der Waals surface area (Å²) in [6.07, 6.45) is 4.50. The van der Waals surface area contributed by atoms with Crippen molar-refractivity contribution in [3.63, 3.8) is 0 Å². The van der Waals surface area contributed by atoms with Crippen molar-refractivity contribution in [1.82, 2.24) is 9.55 Å². The molecular weight excluding hydrogens is 226 g/mol. The van der Waals surface area contributed by atoms with Gasteiger partial charge in [0.2, 0.25) is 0 Å². The van der Waals surface area contributed by atoms with Crippen LogP contribution in [-0.2, 0) is 0 Å². The molecule has 0 fully saturated rings. The molecule has 0 saturated carbocycles. The molecule has 1 heterocycles. The number of para-hydroxylation sites is 1. The quantitative estimate of drug-likeness (QED) is 0.827. The van der Waals surface area contributed by atoms with E-state index in [9.17, 15) is 0 Å². The molecular formula is C14H15N3O. The van der Waals surface area contributed by atoms with Crippen molar-refractivity contribution in [1.29, 1.82) is 5.26 Å². The number of hydrogen-bond donors (Lipinski definition) is 0. The van der Waals surface area contributed by atoms with Crippen molar-refractivity contribution in [3.8, 4) is 17.5 Å². The lowest BCUT2D eigenvalue weighted by Crippen LogP contribution is -2.04. The Hall–Kier alpha value is -2.28. The first-order valence-electron chi connectivity index (χ1n) is 5.94. The van der Waals surface area contributed by atoms with Crippen LogP contribution in [0, 0.1) is 18.3 Å². The maximum absolute atomic E-state index is 9.15. The minimum atomic E-state index is 0.550. The van der Waals surface area contributed by atoms with Crippen LogP contribution in [0.4, 0.5) is 0 Å². The van der Waals surface area contributed by atoms with Gasteiger partial charge in [0.15, 0.2) is 5.75 Å². The van der Waals surface area contributed by atoms with Gasteiger partial charge in [0.1, 0.15) is 11.9 Å². The lowest BCUT2D eigenvalue weighted by atomic mass is 10.2. The predicted molar refractivity (Wildman–Crippen MR) is 68.8 cm³/mol. The van der Waals surface area contributed by atoms with Gasteiger partial charge in [-0.25, -0.2) is 4.98 Å². The van der Waals surface area contributed by atoms with E-state index in [2.05, 4.69) is 11.1 Å². The van der Waals surface area contributed by atoms with Crippen LogP contribution in [0.3, 0.4) is 0 Å². The highest BCUT2D eigenvalue weighted by Crippen LogP contribution is 2.28. The topological polar surface area (TPSA) is 50.8 Å². The van der Waals surface area contributed by atoms with Crippen LogP contribution in [-0.4, -0.2) is 16.2 Å². The summed E-state index contributed by atoms with van der Waals surface area (Å²) >= 11 is 0. The Morgan fingerprint density at radius 3 is 2.89 bits per heavy atom. The standard InChI is InChI=1S/C14H15N3O/c1-3-9-18-14-12(10-15)5-4-6-13(14)17-8-7-16-11(17)2/h4-8H,3,9H2,1-2H3. The highest BCUT2D eigenvalue weighted by molar-refractivity contribution is 5.57. The number of imidazole rings is 1. The van der Waals surface area contributed by atoms with Crippen molar-refractivity contribution in [3.05, 3.63) is 42.0 Å². The Labute approximate surface area is 106 Å². The van der Waals surface area contributed by atoms with E-state index in [1.165, 1.54) is 0 Å². The summed E-state index contributed by atoms with van der Waals surface area (Å²) < 4.78 is 7.64. The van der Waals surface area contributed by atoms with Crippen molar-refractivity contribution in [2.75, 3.05) is 6.61 Å². The number of ether oxygens (including phenoxy) is 1. The first kappa shape index (κ1) is 12.2. The van der Waals surface area contributed by atoms with Gasteiger partial charge in [-0.05, 0) is 25.5 Å². The summed E-state index contributed by atoms with van der Waals surface area (Å²) in [5, 5.41) is 9.15. The van der Waals surface area contributed by atoms with Gasteiger partial charge in [-0.1, -0.05) is 13.0 Å². The molecule has 0 bridgehead atoms. The zero-order valence-corrected chi connectivity index (χ0v) is 10.6. The number of rotatable bonds is 4. The third kappa shape index (κ3) is 2.21. The summed E-state index contributed by atoms with van der Waals surface area (Å²) in [5.74, 6) is 1.49. The van der Waals surface area contributed by atoms with Gasteiger partial charge in [0, 0.05) is 12.4 Å². The second-order valence-corrected chi connectivity index (χ2v) is 3.96. The van der Waals surface area contributed by atoms with Crippen molar-refractivity contribution < 1.29 is 4.74 Å². The molecule has 4 heteroatoms. The average molecular weight is 241 g/mol. The van der Waals surface area contributed by atoms with Gasteiger partial charge in [-0.2, -0.15) is 5.26 Å². The van der Waals surface area contributed by atoms with Crippen molar-refractivity contribution >= 4 is 0 Å². The van der Waals surface area contributed by atoms with Crippen LogP contribution < -0.4 is 4.74 Å². The molecule has 0 unspecified atom stereocenters. The van der Waals surface area contributed by atoms with Crippen LogP contribution >= 0.6 is 0 Å². The van der Waals surface area contributed by atoms with Gasteiger partial charge >= 0.3 is 0 Å². The molecule has 1 aromatic carbocycles. The summed E-state index contributed by atoms with van der Waals surface area (Å²) in [6.45, 7) is 4.55. The maximum Gasteiger partial charge on any atom is 0.161 e. The lowest BCUT2D eigenvalue weighted by Gasteiger charge is -2.13. The second kappa shape index (κ2) is 5.37. The highest BCUT2D eigenvalue weighted by Gasteiger charge is 2.12. The second-order valence-electron chi connectivity index (χ2n) is 3.96. The molecule has 0 aliphatic rings. The Morgan fingerprint density at radius 1 is 1.44 bits per heavy atom. The fourth-order valence-electron chi connectivity index (χ4n) is 1.79. The van der Waals surface area contributed by atoms with Crippen LogP contribution in [0.5, 0.6) is 5.75 Å². The van der Waals surface area contributed by atoms with E-state index in [4.69, 9.17) is 10.00 Å². The molecule has 0 spiro atoms. The van der Waals surface area contributed by atoms with E-state index in [1.807, 2.05) is 36.7 Å². The Bertz CT molecular complexity index is 581. The first-order valence-corrected chi connectivity index (χ1v) is 5.94. The molecule has 0 aliphatic carbocycles. The fraction of sp³-hybridized carbons (Fsp3) is 0.286. The molecule has 2 aromatic rings.